The summed E-state index contributed by atoms with van der Waals surface area (Å²) in [5.74, 6) is 0.760. The van der Waals surface area contributed by atoms with Crippen molar-refractivity contribution in [1.82, 2.24) is 4.57 Å². The van der Waals surface area contributed by atoms with Crippen LogP contribution in [0.3, 0.4) is 0 Å². The second-order valence-electron chi connectivity index (χ2n) is 5.11. The van der Waals surface area contributed by atoms with Gasteiger partial charge in [0, 0.05) is 6.20 Å². The Morgan fingerprint density at radius 2 is 1.79 bits per heavy atom. The molecule has 0 spiro atoms. The van der Waals surface area contributed by atoms with Gasteiger partial charge in [-0.15, -0.1) is 0 Å². The van der Waals surface area contributed by atoms with Crippen molar-refractivity contribution < 1.29 is 22.6 Å². The largest absolute Gasteiger partial charge is 0.486 e. The summed E-state index contributed by atoms with van der Waals surface area (Å²) in [4.78, 5) is 12.0. The maximum atomic E-state index is 12.9. The third-order valence-electron chi connectivity index (χ3n) is 3.38. The molecule has 128 valence electrons. The summed E-state index contributed by atoms with van der Waals surface area (Å²) in [6, 6.07) is 3.69. The molecule has 0 bridgehead atoms. The fourth-order valence-corrected chi connectivity index (χ4v) is 2.84. The van der Waals surface area contributed by atoms with E-state index in [9.17, 15) is 18.0 Å². The van der Waals surface area contributed by atoms with Crippen LogP contribution in [0.4, 0.5) is 13.2 Å². The van der Waals surface area contributed by atoms with Gasteiger partial charge < -0.3 is 14.0 Å². The summed E-state index contributed by atoms with van der Waals surface area (Å²) in [6.07, 6.45) is -3.89. The number of ether oxygens (including phenoxy) is 2. The van der Waals surface area contributed by atoms with Crippen molar-refractivity contribution in [3.63, 3.8) is 0 Å². The highest BCUT2D eigenvalue weighted by Gasteiger charge is 2.32. The van der Waals surface area contributed by atoms with E-state index in [4.69, 9.17) is 32.7 Å². The molecule has 0 amide bonds. The number of hydrogen-bond donors (Lipinski definition) is 0. The topological polar surface area (TPSA) is 40.5 Å². The predicted molar refractivity (Wildman–Crippen MR) is 82.3 cm³/mol. The van der Waals surface area contributed by atoms with Crippen LogP contribution in [0.15, 0.2) is 29.2 Å². The van der Waals surface area contributed by atoms with Gasteiger partial charge in [0.1, 0.15) is 18.2 Å². The second-order valence-corrected chi connectivity index (χ2v) is 5.92. The summed E-state index contributed by atoms with van der Waals surface area (Å²) >= 11 is 11.7. The van der Waals surface area contributed by atoms with Gasteiger partial charge in [0.2, 0.25) is 0 Å². The third-order valence-corrected chi connectivity index (χ3v) is 3.93. The van der Waals surface area contributed by atoms with Gasteiger partial charge in [0.05, 0.1) is 17.1 Å². The van der Waals surface area contributed by atoms with Crippen LogP contribution >= 0.6 is 23.2 Å². The standard InChI is InChI=1S/C15H10Cl2F3NO3/c16-10-3-8(4-12-13(10)24-2-1-23-12)6-21-7-9(15(18,19)20)5-11(17)14(21)22/h3-5,7H,1-2,6H2. The molecule has 0 radical (unpaired) electrons. The molecule has 0 aliphatic carbocycles. The number of benzene rings is 1. The maximum absolute atomic E-state index is 12.9. The van der Waals surface area contributed by atoms with Crippen LogP contribution in [0, 0.1) is 0 Å². The highest BCUT2D eigenvalue weighted by molar-refractivity contribution is 6.32. The highest BCUT2D eigenvalue weighted by Crippen LogP contribution is 2.38. The Morgan fingerprint density at radius 1 is 1.08 bits per heavy atom. The number of alkyl halides is 3. The zero-order valence-corrected chi connectivity index (χ0v) is 13.5. The van der Waals surface area contributed by atoms with Crippen LogP contribution in [-0.4, -0.2) is 17.8 Å². The summed E-state index contributed by atoms with van der Waals surface area (Å²) in [5.41, 5.74) is -1.24. The summed E-state index contributed by atoms with van der Waals surface area (Å²) in [7, 11) is 0. The molecule has 1 aliphatic heterocycles. The van der Waals surface area contributed by atoms with Gasteiger partial charge in [0.25, 0.3) is 5.56 Å². The molecule has 9 heteroatoms. The van der Waals surface area contributed by atoms with Crippen molar-refractivity contribution in [3.8, 4) is 11.5 Å². The van der Waals surface area contributed by atoms with Gasteiger partial charge >= 0.3 is 6.18 Å². The number of rotatable bonds is 2. The molecule has 0 atom stereocenters. The minimum Gasteiger partial charge on any atom is -0.486 e. The first-order valence-corrected chi connectivity index (χ1v) is 7.56. The molecule has 2 heterocycles. The minimum absolute atomic E-state index is 0.140. The van der Waals surface area contributed by atoms with E-state index in [2.05, 4.69) is 0 Å². The van der Waals surface area contributed by atoms with Gasteiger partial charge in [-0.25, -0.2) is 0 Å². The summed E-state index contributed by atoms with van der Waals surface area (Å²) < 4.78 is 50.3. The van der Waals surface area contributed by atoms with Crippen molar-refractivity contribution in [2.75, 3.05) is 13.2 Å². The van der Waals surface area contributed by atoms with Crippen LogP contribution in [0.1, 0.15) is 11.1 Å². The monoisotopic (exact) mass is 379 g/mol. The predicted octanol–water partition coefficient (Wildman–Crippen LogP) is 3.99. The van der Waals surface area contributed by atoms with Gasteiger partial charge in [-0.05, 0) is 23.8 Å². The number of nitrogens with zero attached hydrogens (tertiary/aromatic N) is 1. The smallest absolute Gasteiger partial charge is 0.417 e. The van der Waals surface area contributed by atoms with Crippen LogP contribution < -0.4 is 15.0 Å². The molecular weight excluding hydrogens is 370 g/mol. The SMILES string of the molecule is O=c1c(Cl)cc(C(F)(F)F)cn1Cc1cc(Cl)c2c(c1)OCCO2. The Balaban J connectivity index is 2.01. The Hall–Kier alpha value is -1.86. The molecule has 0 unspecified atom stereocenters. The lowest BCUT2D eigenvalue weighted by Crippen LogP contribution is -2.23. The van der Waals surface area contributed by atoms with E-state index < -0.39 is 22.3 Å². The molecule has 1 aromatic carbocycles. The molecule has 1 aromatic heterocycles. The van der Waals surface area contributed by atoms with E-state index in [0.717, 1.165) is 10.8 Å². The lowest BCUT2D eigenvalue weighted by Gasteiger charge is -2.20. The normalized spacial score (nSPS) is 13.9. The van der Waals surface area contributed by atoms with Gasteiger partial charge in [-0.3, -0.25) is 4.79 Å². The number of fused-ring (bicyclic) bond motifs is 1. The van der Waals surface area contributed by atoms with Gasteiger partial charge in [0.15, 0.2) is 11.5 Å². The van der Waals surface area contributed by atoms with Crippen LogP contribution in [-0.2, 0) is 12.7 Å². The van der Waals surface area contributed by atoms with E-state index in [-0.39, 0.29) is 11.6 Å². The fraction of sp³-hybridized carbons (Fsp3) is 0.267. The lowest BCUT2D eigenvalue weighted by atomic mass is 10.1. The molecule has 0 saturated carbocycles. The molecule has 0 fully saturated rings. The minimum atomic E-state index is -4.61. The third kappa shape index (κ3) is 3.32. The van der Waals surface area contributed by atoms with E-state index in [1.165, 1.54) is 6.07 Å². The average molecular weight is 380 g/mol. The first-order valence-electron chi connectivity index (χ1n) is 6.81. The lowest BCUT2D eigenvalue weighted by molar-refractivity contribution is -0.138. The zero-order valence-electron chi connectivity index (χ0n) is 12.0. The van der Waals surface area contributed by atoms with Crippen molar-refractivity contribution >= 4 is 23.2 Å². The van der Waals surface area contributed by atoms with E-state index in [1.54, 1.807) is 6.07 Å². The second kappa shape index (κ2) is 6.22. The van der Waals surface area contributed by atoms with Crippen LogP contribution in [0.5, 0.6) is 11.5 Å². The molecule has 3 rings (SSSR count). The first kappa shape index (κ1) is 17.0. The molecule has 0 saturated heterocycles. The maximum Gasteiger partial charge on any atom is 0.417 e. The molecule has 0 N–H and O–H groups in total. The van der Waals surface area contributed by atoms with Crippen LogP contribution in [0.25, 0.3) is 0 Å². The number of hydrogen-bond acceptors (Lipinski definition) is 3. The quantitative estimate of drug-likeness (QED) is 0.791. The first-order chi connectivity index (χ1) is 11.3. The Morgan fingerprint density at radius 3 is 2.50 bits per heavy atom. The molecule has 24 heavy (non-hydrogen) atoms. The number of aromatic nitrogens is 1. The van der Waals surface area contributed by atoms with Crippen molar-refractivity contribution in [2.45, 2.75) is 12.7 Å². The summed E-state index contributed by atoms with van der Waals surface area (Å²) in [6.45, 7) is 0.551. The molecule has 2 aromatic rings. The van der Waals surface area contributed by atoms with E-state index in [1.807, 2.05) is 0 Å². The summed E-state index contributed by atoms with van der Waals surface area (Å²) in [5, 5.41) is -0.248. The van der Waals surface area contributed by atoms with Crippen molar-refractivity contribution in [1.29, 1.82) is 0 Å². The molecule has 4 nitrogen and oxygen atoms in total. The van der Waals surface area contributed by atoms with Crippen molar-refractivity contribution in [3.05, 3.63) is 55.9 Å². The average Bonchev–Trinajstić information content (AvgIpc) is 2.50. The molecule has 1 aliphatic rings. The van der Waals surface area contributed by atoms with Gasteiger partial charge in [-0.1, -0.05) is 23.2 Å². The molecular formula is C15H10Cl2F3NO3. The Labute approximate surface area is 144 Å². The fourth-order valence-electron chi connectivity index (χ4n) is 2.32. The number of pyridine rings is 1. The van der Waals surface area contributed by atoms with Crippen molar-refractivity contribution in [2.24, 2.45) is 0 Å². The van der Waals surface area contributed by atoms with E-state index >= 15 is 0 Å². The van der Waals surface area contributed by atoms with E-state index in [0.29, 0.717) is 36.3 Å². The highest BCUT2D eigenvalue weighted by atomic mass is 35.5. The van der Waals surface area contributed by atoms with Crippen LogP contribution in [0.2, 0.25) is 10.0 Å². The van der Waals surface area contributed by atoms with Gasteiger partial charge in [-0.2, -0.15) is 13.2 Å². The zero-order chi connectivity index (χ0) is 17.5. The Bertz CT molecular complexity index is 849. The Kier molecular flexibility index (Phi) is 4.40. The number of halogens is 5.